The van der Waals surface area contributed by atoms with Crippen molar-refractivity contribution in [2.45, 2.75) is 32.2 Å². The van der Waals surface area contributed by atoms with E-state index >= 15 is 0 Å². The van der Waals surface area contributed by atoms with Gasteiger partial charge in [0.05, 0.1) is 0 Å². The van der Waals surface area contributed by atoms with Gasteiger partial charge in [0.15, 0.2) is 0 Å². The Balaban J connectivity index is 0.00000220. The number of piperidine rings is 1. The van der Waals surface area contributed by atoms with Gasteiger partial charge in [0.2, 0.25) is 5.91 Å². The highest BCUT2D eigenvalue weighted by atomic mass is 35.5. The second-order valence-electron chi connectivity index (χ2n) is 5.38. The number of rotatable bonds is 4. The zero-order valence-corrected chi connectivity index (χ0v) is 12.8. The van der Waals surface area contributed by atoms with Gasteiger partial charge in [0.1, 0.15) is 11.6 Å². The van der Waals surface area contributed by atoms with E-state index in [1.54, 1.807) is 0 Å². The van der Waals surface area contributed by atoms with Crippen LogP contribution >= 0.6 is 12.4 Å². The van der Waals surface area contributed by atoms with Crippen LogP contribution in [0.15, 0.2) is 18.2 Å². The zero-order valence-electron chi connectivity index (χ0n) is 12.0. The van der Waals surface area contributed by atoms with Gasteiger partial charge < -0.3 is 10.6 Å². The molecule has 1 aliphatic heterocycles. The van der Waals surface area contributed by atoms with Crippen molar-refractivity contribution in [3.8, 4) is 0 Å². The molecule has 118 valence electrons. The average Bonchev–Trinajstić information content (AvgIpc) is 2.42. The van der Waals surface area contributed by atoms with Crippen molar-refractivity contribution in [1.82, 2.24) is 10.6 Å². The van der Waals surface area contributed by atoms with Crippen LogP contribution in [0.25, 0.3) is 0 Å². The molecule has 1 fully saturated rings. The molecule has 2 rings (SSSR count). The van der Waals surface area contributed by atoms with Crippen LogP contribution in [0.4, 0.5) is 8.78 Å². The number of aryl methyl sites for hydroxylation is 1. The molecule has 0 aliphatic carbocycles. The number of hydrogen-bond acceptors (Lipinski definition) is 2. The Kier molecular flexibility index (Phi) is 7.05. The minimum atomic E-state index is -0.480. The normalized spacial score (nSPS) is 21.5. The van der Waals surface area contributed by atoms with Gasteiger partial charge in [-0.25, -0.2) is 8.78 Å². The van der Waals surface area contributed by atoms with E-state index in [2.05, 4.69) is 17.6 Å². The minimum absolute atomic E-state index is 0. The highest BCUT2D eigenvalue weighted by molar-refractivity contribution is 5.85. The molecule has 1 aromatic carbocycles. The molecule has 0 aromatic heterocycles. The number of nitrogens with one attached hydrogen (secondary N) is 2. The predicted molar refractivity (Wildman–Crippen MR) is 80.5 cm³/mol. The van der Waals surface area contributed by atoms with Gasteiger partial charge >= 0.3 is 0 Å². The molecule has 1 aliphatic rings. The first-order valence-corrected chi connectivity index (χ1v) is 7.00. The number of benzene rings is 1. The van der Waals surface area contributed by atoms with Crippen LogP contribution in [0.2, 0.25) is 0 Å². The van der Waals surface area contributed by atoms with Crippen molar-refractivity contribution in [3.05, 3.63) is 35.4 Å². The molecule has 1 amide bonds. The Morgan fingerprint density at radius 3 is 2.90 bits per heavy atom. The van der Waals surface area contributed by atoms with Crippen molar-refractivity contribution in [2.24, 2.45) is 5.92 Å². The standard InChI is InChI=1S/C15H20F2N2O.ClH/c1-10-6-7-18-9-14(10)19-15(20)5-2-11-8-12(16)3-4-13(11)17;/h3-4,8,10,14,18H,2,5-7,9H2,1H3,(H,19,20);1H. The summed E-state index contributed by atoms with van der Waals surface area (Å²) in [7, 11) is 0. The monoisotopic (exact) mass is 318 g/mol. The molecular weight excluding hydrogens is 298 g/mol. The van der Waals surface area contributed by atoms with E-state index in [9.17, 15) is 13.6 Å². The van der Waals surface area contributed by atoms with Crippen LogP contribution in [0.1, 0.15) is 25.3 Å². The number of amides is 1. The molecule has 2 N–H and O–H groups in total. The maximum atomic E-state index is 13.4. The highest BCUT2D eigenvalue weighted by Gasteiger charge is 2.22. The Hall–Kier alpha value is -1.20. The highest BCUT2D eigenvalue weighted by Crippen LogP contribution is 2.13. The first-order valence-electron chi connectivity index (χ1n) is 7.00. The Labute approximate surface area is 129 Å². The molecular formula is C15H21ClF2N2O. The molecule has 0 saturated carbocycles. The third-order valence-electron chi connectivity index (χ3n) is 3.80. The molecule has 2 unspecified atom stereocenters. The molecule has 0 bridgehead atoms. The minimum Gasteiger partial charge on any atom is -0.352 e. The topological polar surface area (TPSA) is 41.1 Å². The Morgan fingerprint density at radius 1 is 1.43 bits per heavy atom. The van der Waals surface area contributed by atoms with Gasteiger partial charge in [-0.3, -0.25) is 4.79 Å². The Morgan fingerprint density at radius 2 is 2.19 bits per heavy atom. The summed E-state index contributed by atoms with van der Waals surface area (Å²) in [5.74, 6) is -0.626. The third-order valence-corrected chi connectivity index (χ3v) is 3.80. The lowest BCUT2D eigenvalue weighted by atomic mass is 9.94. The zero-order chi connectivity index (χ0) is 14.5. The number of carbonyl (C=O) groups is 1. The molecule has 1 aromatic rings. The fraction of sp³-hybridized carbons (Fsp3) is 0.533. The van der Waals surface area contributed by atoms with Crippen LogP contribution in [0.3, 0.4) is 0 Å². The first kappa shape index (κ1) is 17.9. The van der Waals surface area contributed by atoms with Gasteiger partial charge in [-0.1, -0.05) is 6.92 Å². The maximum absolute atomic E-state index is 13.4. The van der Waals surface area contributed by atoms with E-state index in [4.69, 9.17) is 0 Å². The molecule has 0 spiro atoms. The number of hydrogen-bond donors (Lipinski definition) is 2. The van der Waals surface area contributed by atoms with Crippen LogP contribution in [-0.4, -0.2) is 25.0 Å². The molecule has 6 heteroatoms. The molecule has 0 radical (unpaired) electrons. The van der Waals surface area contributed by atoms with E-state index < -0.39 is 11.6 Å². The molecule has 1 saturated heterocycles. The molecule has 1 heterocycles. The van der Waals surface area contributed by atoms with Gasteiger partial charge in [-0.15, -0.1) is 12.4 Å². The smallest absolute Gasteiger partial charge is 0.220 e. The number of halogens is 3. The second kappa shape index (κ2) is 8.29. The lowest BCUT2D eigenvalue weighted by Gasteiger charge is -2.30. The fourth-order valence-corrected chi connectivity index (χ4v) is 2.45. The van der Waals surface area contributed by atoms with Crippen LogP contribution in [0, 0.1) is 17.6 Å². The summed E-state index contributed by atoms with van der Waals surface area (Å²) < 4.78 is 26.5. The summed E-state index contributed by atoms with van der Waals surface area (Å²) in [4.78, 5) is 11.9. The quantitative estimate of drug-likeness (QED) is 0.895. The largest absolute Gasteiger partial charge is 0.352 e. The maximum Gasteiger partial charge on any atom is 0.220 e. The van der Waals surface area contributed by atoms with E-state index in [-0.39, 0.29) is 42.8 Å². The van der Waals surface area contributed by atoms with E-state index in [0.717, 1.165) is 37.7 Å². The van der Waals surface area contributed by atoms with Crippen LogP contribution in [0.5, 0.6) is 0 Å². The van der Waals surface area contributed by atoms with Crippen LogP contribution in [-0.2, 0) is 11.2 Å². The predicted octanol–water partition coefficient (Wildman–Crippen LogP) is 2.43. The van der Waals surface area contributed by atoms with Crippen molar-refractivity contribution in [2.75, 3.05) is 13.1 Å². The second-order valence-corrected chi connectivity index (χ2v) is 5.38. The lowest BCUT2D eigenvalue weighted by Crippen LogP contribution is -2.50. The Bertz CT molecular complexity index is 485. The van der Waals surface area contributed by atoms with E-state index in [1.807, 2.05) is 0 Å². The number of carbonyl (C=O) groups excluding carboxylic acids is 1. The molecule has 3 nitrogen and oxygen atoms in total. The fourth-order valence-electron chi connectivity index (χ4n) is 2.45. The van der Waals surface area contributed by atoms with Gasteiger partial charge in [0.25, 0.3) is 0 Å². The molecule has 21 heavy (non-hydrogen) atoms. The van der Waals surface area contributed by atoms with E-state index in [1.165, 1.54) is 0 Å². The summed E-state index contributed by atoms with van der Waals surface area (Å²) in [6, 6.07) is 3.44. The van der Waals surface area contributed by atoms with Gasteiger partial charge in [0, 0.05) is 19.0 Å². The summed E-state index contributed by atoms with van der Waals surface area (Å²) in [6.45, 7) is 3.85. The van der Waals surface area contributed by atoms with Crippen molar-refractivity contribution in [3.63, 3.8) is 0 Å². The summed E-state index contributed by atoms with van der Waals surface area (Å²) >= 11 is 0. The molecule has 2 atom stereocenters. The van der Waals surface area contributed by atoms with E-state index in [0.29, 0.717) is 5.92 Å². The third kappa shape index (κ3) is 5.25. The summed E-state index contributed by atoms with van der Waals surface area (Å²) in [6.07, 6.45) is 1.41. The van der Waals surface area contributed by atoms with Crippen molar-refractivity contribution < 1.29 is 13.6 Å². The van der Waals surface area contributed by atoms with Crippen LogP contribution < -0.4 is 10.6 Å². The summed E-state index contributed by atoms with van der Waals surface area (Å²) in [5, 5.41) is 6.19. The first-order chi connectivity index (χ1) is 9.56. The van der Waals surface area contributed by atoms with Crippen molar-refractivity contribution in [1.29, 1.82) is 0 Å². The van der Waals surface area contributed by atoms with Gasteiger partial charge in [-0.05, 0) is 49.1 Å². The van der Waals surface area contributed by atoms with Gasteiger partial charge in [-0.2, -0.15) is 0 Å². The SMILES string of the molecule is CC1CCNCC1NC(=O)CCc1cc(F)ccc1F.Cl. The lowest BCUT2D eigenvalue weighted by molar-refractivity contribution is -0.122. The summed E-state index contributed by atoms with van der Waals surface area (Å²) in [5.41, 5.74) is 0.245. The van der Waals surface area contributed by atoms with Crippen molar-refractivity contribution >= 4 is 18.3 Å². The average molecular weight is 319 g/mol.